The van der Waals surface area contributed by atoms with Gasteiger partial charge in [0.05, 0.1) is 32.4 Å². The fourth-order valence-corrected chi connectivity index (χ4v) is 6.39. The number of esters is 1. The van der Waals surface area contributed by atoms with Gasteiger partial charge in [0.15, 0.2) is 16.3 Å². The predicted octanol–water partition coefficient (Wildman–Crippen LogP) is 5.11. The number of furan rings is 1. The number of fused-ring (bicyclic) bond motifs is 2. The van der Waals surface area contributed by atoms with Crippen LogP contribution in [-0.2, 0) is 9.53 Å². The van der Waals surface area contributed by atoms with Gasteiger partial charge >= 0.3 is 5.97 Å². The summed E-state index contributed by atoms with van der Waals surface area (Å²) < 4.78 is 24.8. The van der Waals surface area contributed by atoms with E-state index in [1.807, 2.05) is 0 Å². The van der Waals surface area contributed by atoms with Crippen molar-refractivity contribution in [2.75, 3.05) is 13.4 Å². The molecule has 2 aliphatic heterocycles. The standard InChI is InChI=1S/C28H19BrClN3O8S/c1-3-38-27(35)24-13(2)31-28-32(26(34)23(42-28)9-14-8-21-22(11-17(14)29)40-12-39-21)25(24)20-7-6-19(41-20)16-10-15(33(36)37)4-5-18(16)30/h4-11,25H,3,12H2,1-2H3/b23-9-/t25-/m0/s1. The third-order valence-corrected chi connectivity index (χ3v) is 8.62. The molecule has 4 heterocycles. The Morgan fingerprint density at radius 1 is 1.26 bits per heavy atom. The van der Waals surface area contributed by atoms with Crippen LogP contribution in [0.2, 0.25) is 5.02 Å². The summed E-state index contributed by atoms with van der Waals surface area (Å²) in [4.78, 5) is 42.9. The molecule has 0 bridgehead atoms. The normalized spacial score (nSPS) is 15.9. The van der Waals surface area contributed by atoms with Crippen molar-refractivity contribution in [2.24, 2.45) is 4.99 Å². The summed E-state index contributed by atoms with van der Waals surface area (Å²) >= 11 is 11.0. The molecule has 2 aromatic carbocycles. The molecule has 0 spiro atoms. The number of hydrogen-bond acceptors (Lipinski definition) is 10. The van der Waals surface area contributed by atoms with E-state index in [4.69, 9.17) is 30.2 Å². The molecular weight excluding hydrogens is 654 g/mol. The monoisotopic (exact) mass is 671 g/mol. The Bertz CT molecular complexity index is 2010. The van der Waals surface area contributed by atoms with Gasteiger partial charge in [-0.2, -0.15) is 0 Å². The van der Waals surface area contributed by atoms with E-state index < -0.39 is 22.5 Å². The predicted molar refractivity (Wildman–Crippen MR) is 156 cm³/mol. The lowest BCUT2D eigenvalue weighted by Gasteiger charge is -2.22. The van der Waals surface area contributed by atoms with Crippen molar-refractivity contribution < 1.29 is 28.3 Å². The topological polar surface area (TPSA) is 135 Å². The highest BCUT2D eigenvalue weighted by atomic mass is 79.9. The second kappa shape index (κ2) is 10.9. The number of benzene rings is 2. The molecule has 0 saturated heterocycles. The van der Waals surface area contributed by atoms with Crippen molar-refractivity contribution in [2.45, 2.75) is 19.9 Å². The smallest absolute Gasteiger partial charge is 0.338 e. The zero-order chi connectivity index (χ0) is 29.7. The Hall–Kier alpha value is -4.20. The van der Waals surface area contributed by atoms with Gasteiger partial charge in [-0.3, -0.25) is 19.5 Å². The quantitative estimate of drug-likeness (QED) is 0.157. The van der Waals surface area contributed by atoms with Crippen LogP contribution >= 0.6 is 38.9 Å². The van der Waals surface area contributed by atoms with Gasteiger partial charge in [-0.15, -0.1) is 0 Å². The molecule has 0 radical (unpaired) electrons. The summed E-state index contributed by atoms with van der Waals surface area (Å²) in [5, 5.41) is 11.6. The lowest BCUT2D eigenvalue weighted by molar-refractivity contribution is -0.384. The Labute approximate surface area is 254 Å². The van der Waals surface area contributed by atoms with E-state index in [-0.39, 0.29) is 46.8 Å². The molecule has 6 rings (SSSR count). The molecule has 0 unspecified atom stereocenters. The summed E-state index contributed by atoms with van der Waals surface area (Å²) in [5.74, 6) is 0.943. The van der Waals surface area contributed by atoms with E-state index in [2.05, 4.69) is 20.9 Å². The number of thiazole rings is 1. The minimum absolute atomic E-state index is 0.107. The molecule has 2 aliphatic rings. The van der Waals surface area contributed by atoms with Crippen LogP contribution in [0.1, 0.15) is 31.2 Å². The number of carbonyl (C=O) groups excluding carboxylic acids is 1. The van der Waals surface area contributed by atoms with E-state index in [9.17, 15) is 19.7 Å². The van der Waals surface area contributed by atoms with E-state index in [1.54, 1.807) is 44.2 Å². The number of rotatable bonds is 6. The second-order valence-corrected chi connectivity index (χ2v) is 11.4. The lowest BCUT2D eigenvalue weighted by atomic mass is 10.0. The summed E-state index contributed by atoms with van der Waals surface area (Å²) in [5.41, 5.74) is 0.887. The average Bonchev–Trinajstić information content (AvgIpc) is 3.68. The van der Waals surface area contributed by atoms with E-state index in [1.165, 1.54) is 22.8 Å². The first kappa shape index (κ1) is 27.9. The largest absolute Gasteiger partial charge is 0.463 e. The summed E-state index contributed by atoms with van der Waals surface area (Å²) in [6.45, 7) is 3.55. The minimum Gasteiger partial charge on any atom is -0.463 e. The molecule has 14 heteroatoms. The number of nitro groups is 1. The number of hydrogen-bond donors (Lipinski definition) is 0. The summed E-state index contributed by atoms with van der Waals surface area (Å²) in [6, 6.07) is 9.68. The Balaban J connectivity index is 1.52. The fraction of sp³-hybridized carbons (Fsp3) is 0.179. The summed E-state index contributed by atoms with van der Waals surface area (Å²) in [7, 11) is 0. The molecule has 2 aromatic heterocycles. The van der Waals surface area contributed by atoms with Crippen molar-refractivity contribution in [3.63, 3.8) is 0 Å². The van der Waals surface area contributed by atoms with Crippen molar-refractivity contribution in [1.29, 1.82) is 0 Å². The first-order valence-electron chi connectivity index (χ1n) is 12.5. The lowest BCUT2D eigenvalue weighted by Crippen LogP contribution is -2.39. The van der Waals surface area contributed by atoms with Crippen LogP contribution in [0.4, 0.5) is 5.69 Å². The molecule has 0 amide bonds. The Morgan fingerprint density at radius 2 is 2.02 bits per heavy atom. The third kappa shape index (κ3) is 4.82. The van der Waals surface area contributed by atoms with Crippen molar-refractivity contribution in [1.82, 2.24) is 4.57 Å². The molecule has 1 atom stereocenters. The maximum atomic E-state index is 13.9. The molecular formula is C28H19BrClN3O8S. The van der Waals surface area contributed by atoms with E-state index in [0.717, 1.165) is 11.3 Å². The number of allylic oxidation sites excluding steroid dienone is 1. The minimum atomic E-state index is -1.02. The highest BCUT2D eigenvalue weighted by molar-refractivity contribution is 9.10. The van der Waals surface area contributed by atoms with Gasteiger partial charge in [-0.05, 0) is 55.8 Å². The van der Waals surface area contributed by atoms with E-state index >= 15 is 0 Å². The van der Waals surface area contributed by atoms with Crippen LogP contribution < -0.4 is 24.4 Å². The van der Waals surface area contributed by atoms with Crippen LogP contribution in [-0.4, -0.2) is 28.9 Å². The Kier molecular flexibility index (Phi) is 7.25. The van der Waals surface area contributed by atoms with Crippen LogP contribution in [0.3, 0.4) is 0 Å². The second-order valence-electron chi connectivity index (χ2n) is 9.15. The summed E-state index contributed by atoms with van der Waals surface area (Å²) in [6.07, 6.45) is 1.70. The molecule has 0 aliphatic carbocycles. The molecule has 11 nitrogen and oxygen atoms in total. The Morgan fingerprint density at radius 3 is 2.76 bits per heavy atom. The van der Waals surface area contributed by atoms with E-state index in [0.29, 0.717) is 36.6 Å². The molecule has 42 heavy (non-hydrogen) atoms. The van der Waals surface area contributed by atoms with Crippen LogP contribution in [0.5, 0.6) is 11.5 Å². The van der Waals surface area contributed by atoms with Crippen LogP contribution in [0.15, 0.2) is 72.4 Å². The average molecular weight is 673 g/mol. The molecule has 214 valence electrons. The number of nitrogens with zero attached hydrogens (tertiary/aromatic N) is 3. The van der Waals surface area contributed by atoms with Gasteiger partial charge in [0.1, 0.15) is 17.6 Å². The van der Waals surface area contributed by atoms with Gasteiger partial charge in [0.25, 0.3) is 11.2 Å². The number of carbonyl (C=O) groups is 1. The number of halogens is 2. The number of non-ortho nitro benzene ring substituents is 1. The van der Waals surface area contributed by atoms with Gasteiger partial charge in [0.2, 0.25) is 6.79 Å². The number of ether oxygens (including phenoxy) is 3. The first-order chi connectivity index (χ1) is 20.2. The highest BCUT2D eigenvalue weighted by Gasteiger charge is 2.35. The fourth-order valence-electron chi connectivity index (χ4n) is 4.71. The van der Waals surface area contributed by atoms with Crippen molar-refractivity contribution in [3.8, 4) is 22.8 Å². The van der Waals surface area contributed by atoms with Gasteiger partial charge in [0, 0.05) is 22.2 Å². The van der Waals surface area contributed by atoms with Gasteiger partial charge < -0.3 is 18.6 Å². The molecule has 0 N–H and O–H groups in total. The first-order valence-corrected chi connectivity index (χ1v) is 14.5. The molecule has 4 aromatic rings. The van der Waals surface area contributed by atoms with Crippen molar-refractivity contribution >= 4 is 56.6 Å². The molecule has 0 fully saturated rings. The maximum absolute atomic E-state index is 13.9. The van der Waals surface area contributed by atoms with Crippen LogP contribution in [0.25, 0.3) is 17.4 Å². The van der Waals surface area contributed by atoms with Gasteiger partial charge in [-0.25, -0.2) is 9.79 Å². The molecule has 0 saturated carbocycles. The van der Waals surface area contributed by atoms with Gasteiger partial charge in [-0.1, -0.05) is 38.9 Å². The third-order valence-electron chi connectivity index (χ3n) is 6.62. The SMILES string of the molecule is CCOC(=O)C1=C(C)N=c2s/c(=C\c3cc4c(cc3Br)OCO4)c(=O)n2[C@H]1c1ccc(-c2cc([N+](=O)[O-])ccc2Cl)o1. The zero-order valence-corrected chi connectivity index (χ0v) is 25.0. The van der Waals surface area contributed by atoms with Crippen LogP contribution in [0, 0.1) is 10.1 Å². The highest BCUT2D eigenvalue weighted by Crippen LogP contribution is 2.38. The number of aromatic nitrogens is 1. The number of nitro benzene ring substituents is 1. The maximum Gasteiger partial charge on any atom is 0.338 e. The zero-order valence-electron chi connectivity index (χ0n) is 21.9. The van der Waals surface area contributed by atoms with Crippen molar-refractivity contribution in [3.05, 3.63) is 104 Å².